The number of thiocarbonyl (C=S) groups is 1. The second-order valence-electron chi connectivity index (χ2n) is 3.98. The highest BCUT2D eigenvalue weighted by Gasteiger charge is 2.33. The Morgan fingerprint density at radius 2 is 1.81 bits per heavy atom. The molecule has 3 nitrogen and oxygen atoms in total. The third-order valence-corrected chi connectivity index (χ3v) is 2.88. The molecule has 0 bridgehead atoms. The van der Waals surface area contributed by atoms with Crippen molar-refractivity contribution in [2.75, 3.05) is 10.6 Å². The largest absolute Gasteiger partial charge is 0.418 e. The molecule has 0 fully saturated rings. The van der Waals surface area contributed by atoms with Crippen LogP contribution in [0.15, 0.2) is 42.6 Å². The van der Waals surface area contributed by atoms with Gasteiger partial charge in [0.25, 0.3) is 0 Å². The summed E-state index contributed by atoms with van der Waals surface area (Å²) in [6.07, 6.45) is -3.06. The molecule has 0 saturated heterocycles. The van der Waals surface area contributed by atoms with E-state index < -0.39 is 11.7 Å². The maximum atomic E-state index is 12.8. The monoisotopic (exact) mass is 331 g/mol. The number of benzene rings is 1. The van der Waals surface area contributed by atoms with Crippen LogP contribution in [0.3, 0.4) is 0 Å². The first-order chi connectivity index (χ1) is 9.86. The number of nitrogens with one attached hydrogen (secondary N) is 2. The van der Waals surface area contributed by atoms with Crippen molar-refractivity contribution in [1.82, 2.24) is 4.98 Å². The van der Waals surface area contributed by atoms with Crippen molar-refractivity contribution in [2.24, 2.45) is 0 Å². The Hall–Kier alpha value is -1.86. The maximum Gasteiger partial charge on any atom is 0.418 e. The van der Waals surface area contributed by atoms with Crippen LogP contribution in [0.2, 0.25) is 5.02 Å². The number of rotatable bonds is 2. The van der Waals surface area contributed by atoms with Crippen LogP contribution in [0.1, 0.15) is 5.56 Å². The van der Waals surface area contributed by atoms with E-state index in [1.807, 2.05) is 0 Å². The summed E-state index contributed by atoms with van der Waals surface area (Å²) in [5.74, 6) is 0.376. The molecule has 0 atom stereocenters. The van der Waals surface area contributed by atoms with Crippen molar-refractivity contribution in [3.63, 3.8) is 0 Å². The molecule has 2 rings (SSSR count). The smallest absolute Gasteiger partial charge is 0.332 e. The van der Waals surface area contributed by atoms with Crippen molar-refractivity contribution < 1.29 is 13.2 Å². The Morgan fingerprint density at radius 1 is 1.10 bits per heavy atom. The van der Waals surface area contributed by atoms with Gasteiger partial charge < -0.3 is 10.6 Å². The Kier molecular flexibility index (Phi) is 4.64. The summed E-state index contributed by atoms with van der Waals surface area (Å²) < 4.78 is 38.5. The molecule has 0 saturated carbocycles. The summed E-state index contributed by atoms with van der Waals surface area (Å²) in [6.45, 7) is 0. The first kappa shape index (κ1) is 15.5. The van der Waals surface area contributed by atoms with Gasteiger partial charge in [0.1, 0.15) is 5.82 Å². The lowest BCUT2D eigenvalue weighted by Gasteiger charge is -2.15. The summed E-state index contributed by atoms with van der Waals surface area (Å²) in [7, 11) is 0. The van der Waals surface area contributed by atoms with Crippen LogP contribution in [0.4, 0.5) is 24.7 Å². The Morgan fingerprint density at radius 3 is 2.43 bits per heavy atom. The van der Waals surface area contributed by atoms with Crippen LogP contribution in [-0.4, -0.2) is 10.1 Å². The Labute approximate surface area is 129 Å². The van der Waals surface area contributed by atoms with Gasteiger partial charge in [-0.1, -0.05) is 23.7 Å². The van der Waals surface area contributed by atoms with E-state index in [2.05, 4.69) is 15.6 Å². The van der Waals surface area contributed by atoms with Gasteiger partial charge in [-0.2, -0.15) is 13.2 Å². The first-order valence-corrected chi connectivity index (χ1v) is 6.50. The van der Waals surface area contributed by atoms with Gasteiger partial charge in [-0.05, 0) is 36.5 Å². The zero-order chi connectivity index (χ0) is 15.5. The molecule has 0 unspecified atom stereocenters. The predicted octanol–water partition coefficient (Wildman–Crippen LogP) is 4.56. The number of hydrogen-bond donors (Lipinski definition) is 2. The number of halogens is 4. The molecule has 8 heteroatoms. The van der Waals surface area contributed by atoms with Gasteiger partial charge in [0.05, 0.1) is 16.3 Å². The second-order valence-corrected chi connectivity index (χ2v) is 4.83. The number of nitrogens with zero attached hydrogens (tertiary/aromatic N) is 1. The van der Waals surface area contributed by atoms with Gasteiger partial charge in [0.2, 0.25) is 0 Å². The summed E-state index contributed by atoms with van der Waals surface area (Å²) in [5, 5.41) is 5.63. The van der Waals surface area contributed by atoms with E-state index >= 15 is 0 Å². The fourth-order valence-electron chi connectivity index (χ4n) is 1.56. The maximum absolute atomic E-state index is 12.8. The van der Waals surface area contributed by atoms with Gasteiger partial charge in [0.15, 0.2) is 5.11 Å². The molecule has 0 aliphatic heterocycles. The lowest BCUT2D eigenvalue weighted by Crippen LogP contribution is -2.22. The van der Waals surface area contributed by atoms with Crippen molar-refractivity contribution in [1.29, 1.82) is 0 Å². The average molecular weight is 332 g/mol. The predicted molar refractivity (Wildman–Crippen MR) is 80.5 cm³/mol. The number of anilines is 2. The molecule has 2 N–H and O–H groups in total. The molecule has 0 radical (unpaired) electrons. The minimum Gasteiger partial charge on any atom is -0.332 e. The summed E-state index contributed by atoms with van der Waals surface area (Å²) >= 11 is 10.7. The van der Waals surface area contributed by atoms with Gasteiger partial charge in [-0.3, -0.25) is 0 Å². The van der Waals surface area contributed by atoms with Crippen molar-refractivity contribution >= 4 is 40.4 Å². The lowest BCUT2D eigenvalue weighted by molar-refractivity contribution is -0.136. The van der Waals surface area contributed by atoms with Gasteiger partial charge >= 0.3 is 6.18 Å². The molecule has 21 heavy (non-hydrogen) atoms. The Balaban J connectivity index is 2.11. The molecule has 110 valence electrons. The van der Waals surface area contributed by atoms with Crippen LogP contribution in [-0.2, 0) is 6.18 Å². The minimum absolute atomic E-state index is 0.00141. The first-order valence-electron chi connectivity index (χ1n) is 5.72. The molecular formula is C13H9ClF3N3S. The van der Waals surface area contributed by atoms with E-state index in [-0.39, 0.29) is 10.8 Å². The summed E-state index contributed by atoms with van der Waals surface area (Å²) in [6, 6.07) is 8.22. The van der Waals surface area contributed by atoms with Crippen LogP contribution in [0.5, 0.6) is 0 Å². The van der Waals surface area contributed by atoms with E-state index in [0.29, 0.717) is 10.8 Å². The topological polar surface area (TPSA) is 37.0 Å². The Bertz CT molecular complexity index is 644. The SMILES string of the molecule is FC(F)(F)c1ccccc1NC(=S)Nc1ccc(Cl)cn1. The standard InChI is InChI=1S/C13H9ClF3N3S/c14-8-5-6-11(18-7-8)20-12(21)19-10-4-2-1-3-9(10)13(15,16)17/h1-7H,(H2,18,19,20,21). The molecule has 1 aromatic carbocycles. The van der Waals surface area contributed by atoms with E-state index in [1.165, 1.54) is 24.4 Å². The number of pyridine rings is 1. The highest BCUT2D eigenvalue weighted by atomic mass is 35.5. The average Bonchev–Trinajstić information content (AvgIpc) is 2.41. The normalized spacial score (nSPS) is 11.0. The fraction of sp³-hybridized carbons (Fsp3) is 0.0769. The van der Waals surface area contributed by atoms with Crippen LogP contribution >= 0.6 is 23.8 Å². The zero-order valence-electron chi connectivity index (χ0n) is 10.4. The van der Waals surface area contributed by atoms with Crippen LogP contribution < -0.4 is 10.6 Å². The second kappa shape index (κ2) is 6.28. The van der Waals surface area contributed by atoms with E-state index in [0.717, 1.165) is 6.07 Å². The van der Waals surface area contributed by atoms with Gasteiger partial charge in [-0.25, -0.2) is 4.98 Å². The molecule has 0 spiro atoms. The zero-order valence-corrected chi connectivity index (χ0v) is 12.0. The van der Waals surface area contributed by atoms with Crippen LogP contribution in [0.25, 0.3) is 0 Å². The highest BCUT2D eigenvalue weighted by molar-refractivity contribution is 7.80. The number of alkyl halides is 3. The molecule has 2 aromatic rings. The molecular weight excluding hydrogens is 323 g/mol. The molecule has 0 amide bonds. The van der Waals surface area contributed by atoms with Crippen molar-refractivity contribution in [3.8, 4) is 0 Å². The van der Waals surface area contributed by atoms with E-state index in [9.17, 15) is 13.2 Å². The third-order valence-electron chi connectivity index (χ3n) is 2.45. The number of para-hydroxylation sites is 1. The van der Waals surface area contributed by atoms with E-state index in [4.69, 9.17) is 23.8 Å². The molecule has 0 aliphatic carbocycles. The number of hydrogen-bond acceptors (Lipinski definition) is 2. The van der Waals surface area contributed by atoms with Crippen molar-refractivity contribution in [2.45, 2.75) is 6.18 Å². The molecule has 0 aliphatic rings. The third kappa shape index (κ3) is 4.30. The molecule has 1 heterocycles. The van der Waals surface area contributed by atoms with Gasteiger partial charge in [0, 0.05) is 6.20 Å². The minimum atomic E-state index is -4.46. The quantitative estimate of drug-likeness (QED) is 0.791. The summed E-state index contributed by atoms with van der Waals surface area (Å²) in [5.41, 5.74) is -0.922. The van der Waals surface area contributed by atoms with Crippen LogP contribution in [0, 0.1) is 0 Å². The fourth-order valence-corrected chi connectivity index (χ4v) is 1.89. The van der Waals surface area contributed by atoms with Crippen molar-refractivity contribution in [3.05, 3.63) is 53.2 Å². The number of aromatic nitrogens is 1. The molecule has 1 aromatic heterocycles. The highest BCUT2D eigenvalue weighted by Crippen LogP contribution is 2.34. The lowest BCUT2D eigenvalue weighted by atomic mass is 10.2. The van der Waals surface area contributed by atoms with E-state index in [1.54, 1.807) is 12.1 Å². The summed E-state index contributed by atoms with van der Waals surface area (Å²) in [4.78, 5) is 3.94. The van der Waals surface area contributed by atoms with Gasteiger partial charge in [-0.15, -0.1) is 0 Å².